The van der Waals surface area contributed by atoms with E-state index in [9.17, 15) is 0 Å². The van der Waals surface area contributed by atoms with Crippen LogP contribution in [0.25, 0.3) is 0 Å². The molecule has 0 bridgehead atoms. The first kappa shape index (κ1) is 13.5. The highest BCUT2D eigenvalue weighted by Gasteiger charge is 2.14. The number of nitrogens with one attached hydrogen (secondary N) is 2. The van der Waals surface area contributed by atoms with Gasteiger partial charge in [-0.15, -0.1) is 0 Å². The summed E-state index contributed by atoms with van der Waals surface area (Å²) >= 11 is 0. The summed E-state index contributed by atoms with van der Waals surface area (Å²) in [5, 5.41) is 6.56. The number of aromatic nitrogens is 2. The summed E-state index contributed by atoms with van der Waals surface area (Å²) in [5.41, 5.74) is 1.89. The predicted molar refractivity (Wildman–Crippen MR) is 81.5 cm³/mol. The van der Waals surface area contributed by atoms with Gasteiger partial charge in [-0.2, -0.15) is 0 Å². The molecule has 0 unspecified atom stereocenters. The van der Waals surface area contributed by atoms with Gasteiger partial charge in [0.25, 0.3) is 0 Å². The Morgan fingerprint density at radius 1 is 1.10 bits per heavy atom. The molecule has 0 saturated heterocycles. The molecule has 2 N–H and O–H groups in total. The molecule has 0 aliphatic carbocycles. The first-order valence-electron chi connectivity index (χ1n) is 6.93. The van der Waals surface area contributed by atoms with Crippen LogP contribution in [0.1, 0.15) is 18.3 Å². The molecule has 2 heterocycles. The molecule has 1 aliphatic rings. The van der Waals surface area contributed by atoms with Gasteiger partial charge in [0, 0.05) is 23.9 Å². The summed E-state index contributed by atoms with van der Waals surface area (Å²) in [7, 11) is 0. The fourth-order valence-corrected chi connectivity index (χ4v) is 2.20. The minimum absolute atomic E-state index is 0.273. The quantitative estimate of drug-likeness (QED) is 0.900. The second kappa shape index (κ2) is 5.47. The molecular weight excluding hydrogens is 268 g/mol. The normalized spacial score (nSPS) is 12.3. The van der Waals surface area contributed by atoms with Crippen molar-refractivity contribution in [3.63, 3.8) is 0 Å². The van der Waals surface area contributed by atoms with Crippen molar-refractivity contribution >= 4 is 17.3 Å². The molecule has 0 radical (unpaired) electrons. The molecule has 1 aliphatic heterocycles. The smallest absolute Gasteiger partial charge is 0.231 e. The zero-order valence-corrected chi connectivity index (χ0v) is 12.4. The summed E-state index contributed by atoms with van der Waals surface area (Å²) in [6.07, 6.45) is 0. The molecule has 21 heavy (non-hydrogen) atoms. The van der Waals surface area contributed by atoms with Crippen molar-refractivity contribution in [1.29, 1.82) is 0 Å². The van der Waals surface area contributed by atoms with Crippen LogP contribution in [0.15, 0.2) is 18.2 Å². The summed E-state index contributed by atoms with van der Waals surface area (Å²) < 4.78 is 10.7. The van der Waals surface area contributed by atoms with Crippen molar-refractivity contribution in [2.75, 3.05) is 24.0 Å². The Labute approximate surface area is 123 Å². The Morgan fingerprint density at radius 2 is 1.86 bits per heavy atom. The van der Waals surface area contributed by atoms with E-state index in [0.717, 1.165) is 46.8 Å². The lowest BCUT2D eigenvalue weighted by molar-refractivity contribution is 0.174. The number of ether oxygens (including phenoxy) is 2. The van der Waals surface area contributed by atoms with Crippen molar-refractivity contribution in [1.82, 2.24) is 9.97 Å². The number of nitrogens with zero attached hydrogens (tertiary/aromatic N) is 2. The van der Waals surface area contributed by atoms with Crippen LogP contribution in [0.4, 0.5) is 17.3 Å². The van der Waals surface area contributed by atoms with E-state index >= 15 is 0 Å². The number of rotatable bonds is 4. The Morgan fingerprint density at radius 3 is 2.67 bits per heavy atom. The molecule has 110 valence electrons. The molecule has 0 fully saturated rings. The van der Waals surface area contributed by atoms with Crippen LogP contribution in [-0.2, 0) is 0 Å². The molecule has 2 aromatic rings. The molecule has 0 saturated carbocycles. The van der Waals surface area contributed by atoms with Crippen LogP contribution in [0, 0.1) is 13.8 Å². The molecule has 0 amide bonds. The first-order valence-corrected chi connectivity index (χ1v) is 6.93. The highest BCUT2D eigenvalue weighted by atomic mass is 16.7. The Hall–Kier alpha value is -2.50. The largest absolute Gasteiger partial charge is 0.454 e. The summed E-state index contributed by atoms with van der Waals surface area (Å²) in [6.45, 7) is 7.01. The van der Waals surface area contributed by atoms with E-state index in [1.165, 1.54) is 0 Å². The lowest BCUT2D eigenvalue weighted by Crippen LogP contribution is -2.07. The van der Waals surface area contributed by atoms with Crippen molar-refractivity contribution in [2.45, 2.75) is 20.8 Å². The Balaban J connectivity index is 1.90. The van der Waals surface area contributed by atoms with Gasteiger partial charge in [0.1, 0.15) is 17.5 Å². The number of aryl methyl sites for hydroxylation is 1. The maximum atomic E-state index is 5.39. The van der Waals surface area contributed by atoms with E-state index < -0.39 is 0 Å². The van der Waals surface area contributed by atoms with Gasteiger partial charge in [0.2, 0.25) is 6.79 Å². The fourth-order valence-electron chi connectivity index (χ4n) is 2.20. The Kier molecular flexibility index (Phi) is 3.51. The molecule has 0 spiro atoms. The maximum Gasteiger partial charge on any atom is 0.231 e. The highest BCUT2D eigenvalue weighted by molar-refractivity contribution is 5.67. The number of benzene rings is 1. The van der Waals surface area contributed by atoms with Gasteiger partial charge in [0.15, 0.2) is 11.5 Å². The third kappa shape index (κ3) is 2.69. The Bertz CT molecular complexity index is 673. The van der Waals surface area contributed by atoms with E-state index in [2.05, 4.69) is 20.6 Å². The van der Waals surface area contributed by atoms with Crippen LogP contribution >= 0.6 is 0 Å². The minimum Gasteiger partial charge on any atom is -0.454 e. The summed E-state index contributed by atoms with van der Waals surface area (Å²) in [5.74, 6) is 3.88. The summed E-state index contributed by atoms with van der Waals surface area (Å²) in [4.78, 5) is 8.89. The number of hydrogen-bond donors (Lipinski definition) is 2. The summed E-state index contributed by atoms with van der Waals surface area (Å²) in [6, 6.07) is 5.74. The van der Waals surface area contributed by atoms with Crippen LogP contribution < -0.4 is 20.1 Å². The van der Waals surface area contributed by atoms with Gasteiger partial charge < -0.3 is 20.1 Å². The van der Waals surface area contributed by atoms with Crippen LogP contribution in [0.2, 0.25) is 0 Å². The molecule has 1 aromatic heterocycles. The lowest BCUT2D eigenvalue weighted by Gasteiger charge is -2.13. The molecular formula is C15H18N4O2. The van der Waals surface area contributed by atoms with Crippen molar-refractivity contribution in [3.05, 3.63) is 29.6 Å². The zero-order valence-electron chi connectivity index (χ0n) is 12.4. The van der Waals surface area contributed by atoms with E-state index in [0.29, 0.717) is 0 Å². The van der Waals surface area contributed by atoms with Crippen LogP contribution in [-0.4, -0.2) is 23.3 Å². The molecule has 6 heteroatoms. The third-order valence-electron chi connectivity index (χ3n) is 3.24. The van der Waals surface area contributed by atoms with Crippen molar-refractivity contribution < 1.29 is 9.47 Å². The first-order chi connectivity index (χ1) is 10.2. The van der Waals surface area contributed by atoms with Gasteiger partial charge in [-0.25, -0.2) is 9.97 Å². The minimum atomic E-state index is 0.273. The maximum absolute atomic E-state index is 5.39. The number of anilines is 3. The van der Waals surface area contributed by atoms with Crippen molar-refractivity contribution in [3.8, 4) is 11.5 Å². The van der Waals surface area contributed by atoms with Gasteiger partial charge in [-0.05, 0) is 32.9 Å². The fraction of sp³-hybridized carbons (Fsp3) is 0.333. The molecule has 6 nitrogen and oxygen atoms in total. The van der Waals surface area contributed by atoms with E-state index in [1.807, 2.05) is 39.0 Å². The number of hydrogen-bond acceptors (Lipinski definition) is 6. The SMILES string of the molecule is CCNc1nc(C)nc(Nc2ccc3c(c2)OCO3)c1C. The molecule has 0 atom stereocenters. The van der Waals surface area contributed by atoms with E-state index in [1.54, 1.807) is 0 Å². The van der Waals surface area contributed by atoms with Gasteiger partial charge in [0.05, 0.1) is 0 Å². The van der Waals surface area contributed by atoms with Gasteiger partial charge in [-0.1, -0.05) is 0 Å². The molecule has 3 rings (SSSR count). The highest BCUT2D eigenvalue weighted by Crippen LogP contribution is 2.35. The zero-order chi connectivity index (χ0) is 14.8. The topological polar surface area (TPSA) is 68.3 Å². The standard InChI is InChI=1S/C15H18N4O2/c1-4-16-14-9(2)15(18-10(3)17-14)19-11-5-6-12-13(7-11)21-8-20-12/h5-7H,4,8H2,1-3H3,(H2,16,17,18,19). The number of fused-ring (bicyclic) bond motifs is 1. The van der Waals surface area contributed by atoms with Crippen LogP contribution in [0.5, 0.6) is 11.5 Å². The monoisotopic (exact) mass is 286 g/mol. The van der Waals surface area contributed by atoms with E-state index in [-0.39, 0.29) is 6.79 Å². The van der Waals surface area contributed by atoms with Crippen molar-refractivity contribution in [2.24, 2.45) is 0 Å². The predicted octanol–water partition coefficient (Wildman–Crippen LogP) is 3.00. The van der Waals surface area contributed by atoms with E-state index in [4.69, 9.17) is 9.47 Å². The van der Waals surface area contributed by atoms with Gasteiger partial charge >= 0.3 is 0 Å². The third-order valence-corrected chi connectivity index (χ3v) is 3.24. The second-order valence-electron chi connectivity index (χ2n) is 4.82. The average Bonchev–Trinajstić information content (AvgIpc) is 2.91. The lowest BCUT2D eigenvalue weighted by atomic mass is 10.2. The average molecular weight is 286 g/mol. The second-order valence-corrected chi connectivity index (χ2v) is 4.82. The van der Waals surface area contributed by atoms with Crippen LogP contribution in [0.3, 0.4) is 0 Å². The van der Waals surface area contributed by atoms with Gasteiger partial charge in [-0.3, -0.25) is 0 Å². The molecule has 1 aromatic carbocycles.